The van der Waals surface area contributed by atoms with Crippen molar-refractivity contribution >= 4 is 27.4 Å². The number of nitro groups is 1. The number of nitro benzene ring substituents is 1. The Balaban J connectivity index is 2.64. The zero-order valence-corrected chi connectivity index (χ0v) is 15.3. The largest absolute Gasteiger partial charge is 0.468 e. The van der Waals surface area contributed by atoms with Crippen LogP contribution >= 0.6 is 0 Å². The van der Waals surface area contributed by atoms with Crippen LogP contribution in [0, 0.1) is 24.0 Å². The lowest BCUT2D eigenvalue weighted by Crippen LogP contribution is -2.36. The van der Waals surface area contributed by atoms with Crippen LogP contribution in [-0.4, -0.2) is 33.0 Å². The minimum Gasteiger partial charge on any atom is -0.468 e. The quantitative estimate of drug-likeness (QED) is 0.434. The molecule has 0 bridgehead atoms. The second-order valence-corrected chi connectivity index (χ2v) is 7.49. The fourth-order valence-electron chi connectivity index (χ4n) is 2.35. The van der Waals surface area contributed by atoms with Gasteiger partial charge in [0.1, 0.15) is 6.54 Å². The van der Waals surface area contributed by atoms with Crippen molar-refractivity contribution in [1.82, 2.24) is 0 Å². The molecule has 0 aliphatic carbocycles. The number of hydrogen-bond acceptors (Lipinski definition) is 6. The highest BCUT2D eigenvalue weighted by Gasteiger charge is 2.29. The van der Waals surface area contributed by atoms with E-state index in [4.69, 9.17) is 0 Å². The van der Waals surface area contributed by atoms with E-state index in [1.807, 2.05) is 6.07 Å². The van der Waals surface area contributed by atoms with E-state index in [-0.39, 0.29) is 10.6 Å². The second-order valence-electron chi connectivity index (χ2n) is 5.63. The molecular weight excluding hydrogens is 360 g/mol. The van der Waals surface area contributed by atoms with E-state index < -0.39 is 27.5 Å². The van der Waals surface area contributed by atoms with Gasteiger partial charge in [-0.15, -0.1) is 0 Å². The number of nitrogens with zero attached hydrogens (tertiary/aromatic N) is 2. The third-order valence-electron chi connectivity index (χ3n) is 3.75. The summed E-state index contributed by atoms with van der Waals surface area (Å²) >= 11 is 0. The van der Waals surface area contributed by atoms with Gasteiger partial charge >= 0.3 is 5.97 Å². The number of ether oxygens (including phenoxy) is 1. The van der Waals surface area contributed by atoms with E-state index >= 15 is 0 Å². The topological polar surface area (TPSA) is 107 Å². The minimum absolute atomic E-state index is 0.281. The number of aryl methyl sites for hydroxylation is 2. The lowest BCUT2D eigenvalue weighted by Gasteiger charge is -2.25. The molecule has 0 radical (unpaired) electrons. The first-order valence-corrected chi connectivity index (χ1v) is 9.02. The van der Waals surface area contributed by atoms with Crippen molar-refractivity contribution in [1.29, 1.82) is 0 Å². The fraction of sp³-hybridized carbons (Fsp3) is 0.235. The smallest absolute Gasteiger partial charge is 0.326 e. The molecule has 0 aromatic heterocycles. The standard InChI is InChI=1S/C17H18N2O6S/c1-12-7-8-13(2)16(9-12)18(11-17(20)25-3)26(23,24)15-6-4-5-14(10-15)19(21)22/h4-10H,11H2,1-3H3. The maximum absolute atomic E-state index is 13.1. The van der Waals surface area contributed by atoms with E-state index in [0.717, 1.165) is 23.0 Å². The number of hydrogen-bond donors (Lipinski definition) is 0. The number of non-ortho nitro benzene ring substituents is 1. The zero-order chi connectivity index (χ0) is 19.5. The van der Waals surface area contributed by atoms with Crippen LogP contribution < -0.4 is 4.31 Å². The lowest BCUT2D eigenvalue weighted by molar-refractivity contribution is -0.385. The zero-order valence-electron chi connectivity index (χ0n) is 14.5. The van der Waals surface area contributed by atoms with E-state index in [1.54, 1.807) is 26.0 Å². The Bertz CT molecular complexity index is 955. The van der Waals surface area contributed by atoms with Gasteiger partial charge < -0.3 is 4.74 Å². The molecule has 0 saturated carbocycles. The summed E-state index contributed by atoms with van der Waals surface area (Å²) in [6, 6.07) is 9.87. The molecule has 2 aromatic rings. The molecule has 0 fully saturated rings. The molecular formula is C17H18N2O6S. The van der Waals surface area contributed by atoms with Crippen LogP contribution in [0.4, 0.5) is 11.4 Å². The van der Waals surface area contributed by atoms with Crippen LogP contribution in [0.1, 0.15) is 11.1 Å². The Labute approximate surface area is 151 Å². The SMILES string of the molecule is COC(=O)CN(c1cc(C)ccc1C)S(=O)(=O)c1cccc([N+](=O)[O-])c1. The third kappa shape index (κ3) is 3.99. The van der Waals surface area contributed by atoms with Crippen molar-refractivity contribution in [2.24, 2.45) is 0 Å². The first kappa shape index (κ1) is 19.4. The molecule has 0 unspecified atom stereocenters. The van der Waals surface area contributed by atoms with E-state index in [0.29, 0.717) is 11.3 Å². The molecule has 0 spiro atoms. The summed E-state index contributed by atoms with van der Waals surface area (Å²) in [7, 11) is -3.07. The predicted octanol–water partition coefficient (Wildman–Crippen LogP) is 2.58. The maximum Gasteiger partial charge on any atom is 0.326 e. The molecule has 0 heterocycles. The van der Waals surface area contributed by atoms with Gasteiger partial charge in [0.2, 0.25) is 0 Å². The lowest BCUT2D eigenvalue weighted by atomic mass is 10.1. The monoisotopic (exact) mass is 378 g/mol. The number of carbonyl (C=O) groups excluding carboxylic acids is 1. The van der Waals surface area contributed by atoms with Gasteiger partial charge in [-0.2, -0.15) is 0 Å². The van der Waals surface area contributed by atoms with Gasteiger partial charge in [0.15, 0.2) is 0 Å². The Hall–Kier alpha value is -2.94. The van der Waals surface area contributed by atoms with Gasteiger partial charge in [-0.1, -0.05) is 18.2 Å². The molecule has 0 atom stereocenters. The first-order chi connectivity index (χ1) is 12.2. The molecule has 0 N–H and O–H groups in total. The molecule has 0 saturated heterocycles. The summed E-state index contributed by atoms with van der Waals surface area (Å²) in [5.74, 6) is -0.750. The van der Waals surface area contributed by atoms with Crippen LogP contribution in [-0.2, 0) is 19.6 Å². The van der Waals surface area contributed by atoms with Crippen LogP contribution in [0.15, 0.2) is 47.4 Å². The van der Waals surface area contributed by atoms with Gasteiger partial charge in [-0.3, -0.25) is 19.2 Å². The molecule has 8 nitrogen and oxygen atoms in total. The van der Waals surface area contributed by atoms with Gasteiger partial charge in [0.05, 0.1) is 22.6 Å². The first-order valence-electron chi connectivity index (χ1n) is 7.58. The summed E-state index contributed by atoms with van der Waals surface area (Å²) in [6.45, 7) is 2.95. The number of rotatable bonds is 6. The van der Waals surface area contributed by atoms with Crippen LogP contribution in [0.25, 0.3) is 0 Å². The number of anilines is 1. The summed E-state index contributed by atoms with van der Waals surface area (Å²) < 4.78 is 31.8. The van der Waals surface area contributed by atoms with Crippen molar-refractivity contribution in [3.63, 3.8) is 0 Å². The number of methoxy groups -OCH3 is 1. The summed E-state index contributed by atoms with van der Waals surface area (Å²) in [4.78, 5) is 21.8. The van der Waals surface area contributed by atoms with Gasteiger partial charge in [0.25, 0.3) is 15.7 Å². The minimum atomic E-state index is -4.23. The molecule has 2 rings (SSSR count). The normalized spacial score (nSPS) is 11.0. The number of esters is 1. The van der Waals surface area contributed by atoms with Gasteiger partial charge in [0, 0.05) is 12.1 Å². The average molecular weight is 378 g/mol. The molecule has 0 aliphatic heterocycles. The molecule has 0 aliphatic rings. The van der Waals surface area contributed by atoms with Crippen LogP contribution in [0.2, 0.25) is 0 Å². The van der Waals surface area contributed by atoms with Crippen molar-refractivity contribution < 1.29 is 22.9 Å². The van der Waals surface area contributed by atoms with Gasteiger partial charge in [-0.05, 0) is 37.1 Å². The van der Waals surface area contributed by atoms with Crippen molar-refractivity contribution in [3.05, 3.63) is 63.7 Å². The maximum atomic E-state index is 13.1. The molecule has 9 heteroatoms. The number of carbonyl (C=O) groups is 1. The van der Waals surface area contributed by atoms with Gasteiger partial charge in [-0.25, -0.2) is 8.42 Å². The molecule has 0 amide bonds. The summed E-state index contributed by atoms with van der Waals surface area (Å²) in [5, 5.41) is 11.0. The highest BCUT2D eigenvalue weighted by atomic mass is 32.2. The van der Waals surface area contributed by atoms with E-state index in [9.17, 15) is 23.3 Å². The number of benzene rings is 2. The van der Waals surface area contributed by atoms with Crippen molar-refractivity contribution in [2.45, 2.75) is 18.7 Å². The average Bonchev–Trinajstić information content (AvgIpc) is 2.61. The molecule has 138 valence electrons. The van der Waals surface area contributed by atoms with E-state index in [1.165, 1.54) is 18.2 Å². The van der Waals surface area contributed by atoms with Crippen molar-refractivity contribution in [2.75, 3.05) is 18.0 Å². The third-order valence-corrected chi connectivity index (χ3v) is 5.51. The van der Waals surface area contributed by atoms with Crippen LogP contribution in [0.5, 0.6) is 0 Å². The van der Waals surface area contributed by atoms with Crippen molar-refractivity contribution in [3.8, 4) is 0 Å². The predicted molar refractivity (Wildman–Crippen MR) is 95.6 cm³/mol. The summed E-state index contributed by atoms with van der Waals surface area (Å²) in [6.07, 6.45) is 0. The van der Waals surface area contributed by atoms with E-state index in [2.05, 4.69) is 4.74 Å². The highest BCUT2D eigenvalue weighted by molar-refractivity contribution is 7.92. The Kier molecular flexibility index (Phi) is 5.61. The fourth-order valence-corrected chi connectivity index (χ4v) is 3.86. The highest BCUT2D eigenvalue weighted by Crippen LogP contribution is 2.29. The summed E-state index contributed by atoms with van der Waals surface area (Å²) in [5.41, 5.74) is 1.38. The molecule has 2 aromatic carbocycles. The second kappa shape index (κ2) is 7.52. The number of sulfonamides is 1. The Morgan fingerprint density at radius 1 is 1.19 bits per heavy atom. The molecule has 26 heavy (non-hydrogen) atoms. The van der Waals surface area contributed by atoms with Crippen LogP contribution in [0.3, 0.4) is 0 Å². The Morgan fingerprint density at radius 2 is 1.88 bits per heavy atom. The Morgan fingerprint density at radius 3 is 2.50 bits per heavy atom.